The summed E-state index contributed by atoms with van der Waals surface area (Å²) in [5.74, 6) is -0.358. The smallest absolute Gasteiger partial charge is 0.309 e. The van der Waals surface area contributed by atoms with Crippen molar-refractivity contribution in [1.82, 2.24) is 0 Å². The number of fused-ring (bicyclic) bond motifs is 1. The van der Waals surface area contributed by atoms with Crippen LogP contribution in [0.4, 0.5) is 0 Å². The van der Waals surface area contributed by atoms with Gasteiger partial charge in [0.15, 0.2) is 0 Å². The van der Waals surface area contributed by atoms with Gasteiger partial charge >= 0.3 is 11.9 Å². The molecule has 0 aromatic heterocycles. The molecule has 1 fully saturated rings. The molecule has 0 heterocycles. The summed E-state index contributed by atoms with van der Waals surface area (Å²) in [4.78, 5) is 24.3. The van der Waals surface area contributed by atoms with Crippen molar-refractivity contribution >= 4 is 43.8 Å². The molecule has 1 saturated carbocycles. The number of carbonyl (C=O) groups excluding carboxylic acids is 2. The van der Waals surface area contributed by atoms with Crippen LogP contribution < -0.4 is 0 Å². The minimum Gasteiger partial charge on any atom is -0.469 e. The van der Waals surface area contributed by atoms with Gasteiger partial charge in [-0.15, -0.1) is 0 Å². The summed E-state index contributed by atoms with van der Waals surface area (Å²) in [6.45, 7) is 0. The first kappa shape index (κ1) is 16.2. The highest BCUT2D eigenvalue weighted by molar-refractivity contribution is 9.12. The Morgan fingerprint density at radius 3 is 2.41 bits per heavy atom. The minimum atomic E-state index is -0.169. The van der Waals surface area contributed by atoms with Gasteiger partial charge in [-0.3, -0.25) is 9.59 Å². The Labute approximate surface area is 146 Å². The molecule has 2 bridgehead atoms. The normalized spacial score (nSPS) is 36.5. The zero-order valence-corrected chi connectivity index (χ0v) is 15.6. The first-order valence-corrected chi connectivity index (χ1v) is 8.99. The van der Waals surface area contributed by atoms with E-state index in [1.807, 2.05) is 0 Å². The molecule has 0 radical (unpaired) electrons. The molecular formula is C16H18Br2O4. The van der Waals surface area contributed by atoms with E-state index in [0.717, 1.165) is 28.2 Å². The van der Waals surface area contributed by atoms with Crippen LogP contribution in [0.25, 0.3) is 0 Å². The van der Waals surface area contributed by atoms with E-state index in [0.29, 0.717) is 0 Å². The molecule has 4 aliphatic rings. The molecule has 4 nitrogen and oxygen atoms in total. The Morgan fingerprint density at radius 1 is 1.14 bits per heavy atom. The molecule has 0 saturated heterocycles. The lowest BCUT2D eigenvalue weighted by atomic mass is 9.55. The largest absolute Gasteiger partial charge is 0.469 e. The molecule has 6 heteroatoms. The van der Waals surface area contributed by atoms with E-state index >= 15 is 0 Å². The van der Waals surface area contributed by atoms with Gasteiger partial charge in [0.2, 0.25) is 0 Å². The van der Waals surface area contributed by atoms with Crippen LogP contribution in [0.1, 0.15) is 19.3 Å². The summed E-state index contributed by atoms with van der Waals surface area (Å²) in [6.07, 6.45) is 4.43. The van der Waals surface area contributed by atoms with E-state index in [1.165, 1.54) is 19.8 Å². The van der Waals surface area contributed by atoms with E-state index in [-0.39, 0.29) is 41.5 Å². The number of rotatable bonds is 2. The fourth-order valence-corrected chi connectivity index (χ4v) is 5.80. The molecule has 0 unspecified atom stereocenters. The van der Waals surface area contributed by atoms with Crippen LogP contribution in [-0.4, -0.2) is 26.2 Å². The Hall–Kier alpha value is -0.620. The van der Waals surface area contributed by atoms with Crippen LogP contribution in [0.2, 0.25) is 0 Å². The maximum absolute atomic E-state index is 12.2. The maximum atomic E-state index is 12.2. The summed E-state index contributed by atoms with van der Waals surface area (Å²) < 4.78 is 12.2. The lowest BCUT2D eigenvalue weighted by Crippen LogP contribution is -2.47. The van der Waals surface area contributed by atoms with Crippen LogP contribution in [-0.2, 0) is 19.1 Å². The summed E-state index contributed by atoms with van der Waals surface area (Å²) in [5, 5.41) is 0. The van der Waals surface area contributed by atoms with Crippen LogP contribution >= 0.6 is 31.9 Å². The second kappa shape index (κ2) is 6.11. The second-order valence-electron chi connectivity index (χ2n) is 6.10. The second-order valence-corrected chi connectivity index (χ2v) is 7.98. The number of allylic oxidation sites excluding steroid dienone is 4. The van der Waals surface area contributed by atoms with Gasteiger partial charge in [-0.25, -0.2) is 0 Å². The summed E-state index contributed by atoms with van der Waals surface area (Å²) >= 11 is 7.32. The molecule has 0 spiro atoms. The van der Waals surface area contributed by atoms with Gasteiger partial charge in [0, 0.05) is 11.8 Å². The van der Waals surface area contributed by atoms with Gasteiger partial charge in [-0.1, -0.05) is 37.9 Å². The fraction of sp³-hybridized carbons (Fsp3) is 0.625. The van der Waals surface area contributed by atoms with Crippen molar-refractivity contribution in [2.75, 3.05) is 14.2 Å². The third-order valence-corrected chi connectivity index (χ3v) is 6.92. The molecular weight excluding hydrogens is 416 g/mol. The number of hydrogen-bond donors (Lipinski definition) is 0. The van der Waals surface area contributed by atoms with E-state index in [2.05, 4.69) is 37.9 Å². The van der Waals surface area contributed by atoms with Gasteiger partial charge in [0.25, 0.3) is 0 Å². The Morgan fingerprint density at radius 2 is 1.77 bits per heavy atom. The fourth-order valence-electron chi connectivity index (χ4n) is 4.28. The summed E-state index contributed by atoms with van der Waals surface area (Å²) in [7, 11) is 2.88. The number of hydrogen-bond acceptors (Lipinski definition) is 4. The molecule has 0 N–H and O–H groups in total. The molecule has 4 aliphatic carbocycles. The monoisotopic (exact) mass is 432 g/mol. The predicted octanol–water partition coefficient (Wildman–Crippen LogP) is 3.55. The third-order valence-electron chi connectivity index (χ3n) is 5.22. The Bertz CT molecular complexity index is 581. The number of esters is 2. The number of halogens is 2. The first-order valence-electron chi connectivity index (χ1n) is 7.40. The van der Waals surface area contributed by atoms with Gasteiger partial charge in [0.05, 0.1) is 26.1 Å². The number of ether oxygens (including phenoxy) is 2. The van der Waals surface area contributed by atoms with Gasteiger partial charge < -0.3 is 9.47 Å². The first-order chi connectivity index (χ1) is 10.5. The van der Waals surface area contributed by atoms with Gasteiger partial charge in [-0.05, 0) is 39.7 Å². The van der Waals surface area contributed by atoms with E-state index in [4.69, 9.17) is 9.47 Å². The predicted molar refractivity (Wildman–Crippen MR) is 88.3 cm³/mol. The topological polar surface area (TPSA) is 52.6 Å². The quantitative estimate of drug-likeness (QED) is 0.625. The van der Waals surface area contributed by atoms with Crippen molar-refractivity contribution in [3.63, 3.8) is 0 Å². The Kier molecular flexibility index (Phi) is 4.52. The average Bonchev–Trinajstić information content (AvgIpc) is 2.53. The van der Waals surface area contributed by atoms with Crippen molar-refractivity contribution in [3.8, 4) is 0 Å². The van der Waals surface area contributed by atoms with E-state index in [9.17, 15) is 9.59 Å². The van der Waals surface area contributed by atoms with E-state index < -0.39 is 0 Å². The van der Waals surface area contributed by atoms with Crippen LogP contribution in [0.3, 0.4) is 0 Å². The molecule has 4 rings (SSSR count). The lowest BCUT2D eigenvalue weighted by Gasteiger charge is -2.50. The van der Waals surface area contributed by atoms with Crippen molar-refractivity contribution in [1.29, 1.82) is 0 Å². The standard InChI is InChI=1S/C16H18Br2O4/c1-21-15(19)7-3-4-11(17)14-8-6-12(18)10(13(7)14)5-9(8)16(20)22-2/h6-10,13H,3-5H2,1-2H3/t7-,8-,9-,10-,13+/m1/s1. The SMILES string of the molecule is COC(=O)[C@@H]1CCC(Br)=C2[C@@H]1[C@@H]1C[C@@H](C(=O)OC)[C@H]2C=C1Br. The lowest BCUT2D eigenvalue weighted by molar-refractivity contribution is -0.151. The highest BCUT2D eigenvalue weighted by Crippen LogP contribution is 2.59. The molecule has 0 aromatic rings. The number of methoxy groups -OCH3 is 2. The highest BCUT2D eigenvalue weighted by atomic mass is 79.9. The molecule has 0 aliphatic heterocycles. The van der Waals surface area contributed by atoms with Gasteiger partial charge in [-0.2, -0.15) is 0 Å². The van der Waals surface area contributed by atoms with Gasteiger partial charge in [0.1, 0.15) is 0 Å². The maximum Gasteiger partial charge on any atom is 0.309 e. The van der Waals surface area contributed by atoms with Crippen LogP contribution in [0.15, 0.2) is 20.6 Å². The number of carbonyl (C=O) groups is 2. The minimum absolute atomic E-state index is 0.00124. The zero-order chi connectivity index (χ0) is 16.0. The van der Waals surface area contributed by atoms with Crippen molar-refractivity contribution in [2.24, 2.45) is 29.6 Å². The van der Waals surface area contributed by atoms with Crippen molar-refractivity contribution in [3.05, 3.63) is 20.6 Å². The average molecular weight is 434 g/mol. The van der Waals surface area contributed by atoms with Crippen molar-refractivity contribution < 1.29 is 19.1 Å². The van der Waals surface area contributed by atoms with Crippen LogP contribution in [0.5, 0.6) is 0 Å². The molecule has 120 valence electrons. The molecule has 0 aromatic carbocycles. The molecule has 0 amide bonds. The summed E-state index contributed by atoms with van der Waals surface area (Å²) in [5.41, 5.74) is 1.19. The summed E-state index contributed by atoms with van der Waals surface area (Å²) in [6, 6.07) is 0. The molecule has 22 heavy (non-hydrogen) atoms. The Balaban J connectivity index is 2.05. The third kappa shape index (κ3) is 2.39. The van der Waals surface area contributed by atoms with Crippen LogP contribution in [0, 0.1) is 29.6 Å². The zero-order valence-electron chi connectivity index (χ0n) is 12.5. The highest BCUT2D eigenvalue weighted by Gasteiger charge is 2.54. The van der Waals surface area contributed by atoms with E-state index in [1.54, 1.807) is 0 Å². The molecule has 5 atom stereocenters. The van der Waals surface area contributed by atoms with Crippen molar-refractivity contribution in [2.45, 2.75) is 19.3 Å².